The fourth-order valence-corrected chi connectivity index (χ4v) is 4.44. The molecule has 0 aliphatic heterocycles. The summed E-state index contributed by atoms with van der Waals surface area (Å²) in [6.45, 7) is 1.35. The lowest BCUT2D eigenvalue weighted by Gasteiger charge is -2.13. The fourth-order valence-electron chi connectivity index (χ4n) is 2.30. The summed E-state index contributed by atoms with van der Waals surface area (Å²) in [5.74, 6) is -0.343. The van der Waals surface area contributed by atoms with E-state index in [1.165, 1.54) is 6.07 Å². The van der Waals surface area contributed by atoms with E-state index in [0.29, 0.717) is 23.9 Å². The van der Waals surface area contributed by atoms with Crippen LogP contribution in [0.2, 0.25) is 0 Å². The molecule has 0 heterocycles. The van der Waals surface area contributed by atoms with Crippen LogP contribution in [-0.2, 0) is 20.4 Å². The Hall–Kier alpha value is -1.99. The van der Waals surface area contributed by atoms with Gasteiger partial charge in [0, 0.05) is 6.61 Å². The molecule has 0 aliphatic rings. The van der Waals surface area contributed by atoms with Gasteiger partial charge in [-0.2, -0.15) is 13.2 Å². The summed E-state index contributed by atoms with van der Waals surface area (Å²) in [6, 6.07) is 16.2. The highest BCUT2D eigenvalue weighted by Gasteiger charge is 2.33. The summed E-state index contributed by atoms with van der Waals surface area (Å²) in [5, 5.41) is 0. The van der Waals surface area contributed by atoms with Gasteiger partial charge in [-0.15, -0.1) is 0 Å². The maximum absolute atomic E-state index is 12.4. The normalized spacial score (nSPS) is 12.6. The van der Waals surface area contributed by atoms with E-state index in [-0.39, 0.29) is 5.56 Å². The van der Waals surface area contributed by atoms with Crippen LogP contribution >= 0.6 is 0 Å². The van der Waals surface area contributed by atoms with Crippen molar-refractivity contribution < 1.29 is 27.4 Å². The molecular formula is C19H20F3O3S+. The second-order valence-electron chi connectivity index (χ2n) is 5.29. The largest absolute Gasteiger partial charge is 0.452 e. The summed E-state index contributed by atoms with van der Waals surface area (Å²) in [4.78, 5) is 13.9. The fraction of sp³-hybridized carbons (Fsp3) is 0.316. The number of halogens is 3. The van der Waals surface area contributed by atoms with Crippen molar-refractivity contribution in [3.63, 3.8) is 0 Å². The monoisotopic (exact) mass is 385 g/mol. The van der Waals surface area contributed by atoms with Gasteiger partial charge in [-0.05, 0) is 31.2 Å². The molecule has 0 N–H and O–H groups in total. The highest BCUT2D eigenvalue weighted by molar-refractivity contribution is 7.97. The van der Waals surface area contributed by atoms with Crippen molar-refractivity contribution in [1.29, 1.82) is 0 Å². The molecule has 2 rings (SSSR count). The number of ether oxygens (including phenoxy) is 2. The van der Waals surface area contributed by atoms with Crippen LogP contribution in [0.3, 0.4) is 0 Å². The average molecular weight is 385 g/mol. The van der Waals surface area contributed by atoms with Gasteiger partial charge in [-0.3, -0.25) is 0 Å². The maximum atomic E-state index is 12.4. The minimum atomic E-state index is -4.55. The van der Waals surface area contributed by atoms with E-state index in [0.717, 1.165) is 4.90 Å². The number of rotatable bonds is 8. The lowest BCUT2D eigenvalue weighted by atomic mass is 10.2. The molecule has 2 aromatic rings. The molecule has 3 nitrogen and oxygen atoms in total. The molecule has 0 aromatic heterocycles. The van der Waals surface area contributed by atoms with E-state index < -0.39 is 29.6 Å². The predicted octanol–water partition coefficient (Wildman–Crippen LogP) is 4.48. The molecule has 140 valence electrons. The van der Waals surface area contributed by atoms with E-state index in [1.807, 2.05) is 37.3 Å². The summed E-state index contributed by atoms with van der Waals surface area (Å²) in [6.07, 6.45) is -4.55. The van der Waals surface area contributed by atoms with Gasteiger partial charge < -0.3 is 9.47 Å². The van der Waals surface area contributed by atoms with Crippen molar-refractivity contribution in [3.8, 4) is 0 Å². The van der Waals surface area contributed by atoms with Crippen molar-refractivity contribution in [3.05, 3.63) is 60.2 Å². The summed E-state index contributed by atoms with van der Waals surface area (Å²) < 4.78 is 47.0. The zero-order valence-electron chi connectivity index (χ0n) is 14.3. The van der Waals surface area contributed by atoms with Gasteiger partial charge in [-0.1, -0.05) is 30.3 Å². The standard InChI is InChI=1S/C19H20F3O3S/c1-2-24-12-13-26(15-8-4-3-5-9-15)17-11-7-6-10-16(17)18(23)25-14-19(20,21)22/h3-11H,2,12-14H2,1H3/q+1. The Morgan fingerprint density at radius 2 is 1.69 bits per heavy atom. The van der Waals surface area contributed by atoms with Crippen LogP contribution in [0.15, 0.2) is 64.4 Å². The topological polar surface area (TPSA) is 35.5 Å². The van der Waals surface area contributed by atoms with Crippen LogP contribution < -0.4 is 0 Å². The van der Waals surface area contributed by atoms with Crippen molar-refractivity contribution >= 4 is 16.9 Å². The van der Waals surface area contributed by atoms with Crippen molar-refractivity contribution in [2.75, 3.05) is 25.6 Å². The molecule has 7 heteroatoms. The van der Waals surface area contributed by atoms with Gasteiger partial charge in [0.2, 0.25) is 0 Å². The van der Waals surface area contributed by atoms with Gasteiger partial charge in [0.05, 0.1) is 17.5 Å². The Labute approximate surface area is 153 Å². The van der Waals surface area contributed by atoms with E-state index >= 15 is 0 Å². The highest BCUT2D eigenvalue weighted by atomic mass is 32.2. The Morgan fingerprint density at radius 1 is 1.04 bits per heavy atom. The zero-order valence-corrected chi connectivity index (χ0v) is 15.1. The van der Waals surface area contributed by atoms with Gasteiger partial charge in [0.15, 0.2) is 16.4 Å². The maximum Gasteiger partial charge on any atom is 0.422 e. The number of carbonyl (C=O) groups excluding carboxylic acids is 1. The minimum Gasteiger partial charge on any atom is -0.452 e. The number of carbonyl (C=O) groups is 1. The Bertz CT molecular complexity index is 705. The number of hydrogen-bond acceptors (Lipinski definition) is 3. The minimum absolute atomic E-state index is 0.153. The third-order valence-electron chi connectivity index (χ3n) is 3.40. The van der Waals surface area contributed by atoms with Crippen molar-refractivity contribution in [1.82, 2.24) is 0 Å². The van der Waals surface area contributed by atoms with Gasteiger partial charge >= 0.3 is 12.1 Å². The van der Waals surface area contributed by atoms with Crippen LogP contribution in [0.4, 0.5) is 13.2 Å². The molecule has 0 saturated heterocycles. The first-order valence-electron chi connectivity index (χ1n) is 8.09. The third-order valence-corrected chi connectivity index (χ3v) is 5.71. The van der Waals surface area contributed by atoms with Crippen LogP contribution in [0.25, 0.3) is 0 Å². The molecular weight excluding hydrogens is 365 g/mol. The molecule has 0 aliphatic carbocycles. The highest BCUT2D eigenvalue weighted by Crippen LogP contribution is 2.27. The second kappa shape index (κ2) is 9.64. The van der Waals surface area contributed by atoms with E-state index in [2.05, 4.69) is 4.74 Å². The molecule has 0 bridgehead atoms. The SMILES string of the molecule is CCOCC[S+](c1ccccc1)c1ccccc1C(=O)OCC(F)(F)F. The van der Waals surface area contributed by atoms with Gasteiger partial charge in [0.25, 0.3) is 0 Å². The number of benzene rings is 2. The number of alkyl halides is 3. The van der Waals surface area contributed by atoms with Gasteiger partial charge in [0.1, 0.15) is 11.3 Å². The molecule has 0 spiro atoms. The zero-order chi connectivity index (χ0) is 19.0. The lowest BCUT2D eigenvalue weighted by Crippen LogP contribution is -2.22. The molecule has 1 unspecified atom stereocenters. The molecule has 0 fully saturated rings. The molecule has 1 atom stereocenters. The first-order chi connectivity index (χ1) is 12.4. The predicted molar refractivity (Wildman–Crippen MR) is 94.5 cm³/mol. The molecule has 0 saturated carbocycles. The van der Waals surface area contributed by atoms with E-state index in [4.69, 9.17) is 4.74 Å². The Morgan fingerprint density at radius 3 is 2.35 bits per heavy atom. The van der Waals surface area contributed by atoms with Crippen LogP contribution in [0.1, 0.15) is 17.3 Å². The number of hydrogen-bond donors (Lipinski definition) is 0. The van der Waals surface area contributed by atoms with E-state index in [9.17, 15) is 18.0 Å². The summed E-state index contributed by atoms with van der Waals surface area (Å²) >= 11 is 0. The van der Waals surface area contributed by atoms with Gasteiger partial charge in [-0.25, -0.2) is 4.79 Å². The molecule has 2 aromatic carbocycles. The smallest absolute Gasteiger partial charge is 0.422 e. The second-order valence-corrected chi connectivity index (χ2v) is 7.39. The van der Waals surface area contributed by atoms with Crippen molar-refractivity contribution in [2.45, 2.75) is 22.9 Å². The lowest BCUT2D eigenvalue weighted by molar-refractivity contribution is -0.161. The first-order valence-corrected chi connectivity index (χ1v) is 9.48. The Kier molecular flexibility index (Phi) is 7.53. The summed E-state index contributed by atoms with van der Waals surface area (Å²) in [7, 11) is -0.517. The van der Waals surface area contributed by atoms with E-state index in [1.54, 1.807) is 18.2 Å². The molecule has 0 amide bonds. The van der Waals surface area contributed by atoms with Crippen LogP contribution in [-0.4, -0.2) is 37.7 Å². The molecule has 0 radical (unpaired) electrons. The van der Waals surface area contributed by atoms with Crippen LogP contribution in [0.5, 0.6) is 0 Å². The number of esters is 1. The third kappa shape index (κ3) is 6.07. The quantitative estimate of drug-likeness (QED) is 0.382. The first kappa shape index (κ1) is 20.3. The van der Waals surface area contributed by atoms with Crippen molar-refractivity contribution in [2.24, 2.45) is 0 Å². The Balaban J connectivity index is 2.31. The average Bonchev–Trinajstić information content (AvgIpc) is 2.63. The summed E-state index contributed by atoms with van der Waals surface area (Å²) in [5.41, 5.74) is 0.153. The molecule has 26 heavy (non-hydrogen) atoms. The van der Waals surface area contributed by atoms with Crippen LogP contribution in [0, 0.1) is 0 Å².